The molecule has 0 radical (unpaired) electrons. The molecule has 0 aliphatic rings. The lowest BCUT2D eigenvalue weighted by molar-refractivity contribution is 0.136. The van der Waals surface area contributed by atoms with Gasteiger partial charge < -0.3 is 4.74 Å². The van der Waals surface area contributed by atoms with E-state index in [4.69, 9.17) is 10.00 Å². The fourth-order valence-electron chi connectivity index (χ4n) is 2.26. The maximum Gasteiger partial charge on any atom is 0.214 e. The maximum atomic E-state index is 11.9. The van der Waals surface area contributed by atoms with E-state index >= 15 is 0 Å². The minimum absolute atomic E-state index is 0.0723. The van der Waals surface area contributed by atoms with Gasteiger partial charge in [-0.3, -0.25) is 0 Å². The number of benzene rings is 2. The fourth-order valence-corrected chi connectivity index (χ4v) is 3.52. The predicted octanol–water partition coefficient (Wildman–Crippen LogP) is 2.68. The molecular weight excluding hydrogens is 324 g/mol. The van der Waals surface area contributed by atoms with Gasteiger partial charge in [-0.1, -0.05) is 42.5 Å². The Balaban J connectivity index is 2.07. The molecule has 2 rings (SSSR count). The van der Waals surface area contributed by atoms with Gasteiger partial charge in [-0.25, -0.2) is 13.1 Å². The number of nitrogens with zero attached hydrogens (tertiary/aromatic N) is 1. The largest absolute Gasteiger partial charge is 0.381 e. The Morgan fingerprint density at radius 3 is 2.46 bits per heavy atom. The van der Waals surface area contributed by atoms with Gasteiger partial charge in [-0.15, -0.1) is 0 Å². The number of hydrogen-bond acceptors (Lipinski definition) is 4. The van der Waals surface area contributed by atoms with E-state index in [1.807, 2.05) is 42.5 Å². The molecule has 2 aromatic carbocycles. The third-order valence-electron chi connectivity index (χ3n) is 3.67. The van der Waals surface area contributed by atoms with Crippen molar-refractivity contribution in [1.82, 2.24) is 4.72 Å². The van der Waals surface area contributed by atoms with E-state index in [1.54, 1.807) is 13.0 Å². The summed E-state index contributed by atoms with van der Waals surface area (Å²) in [7, 11) is -1.90. The fraction of sp³-hybridized carbons (Fsp3) is 0.278. The average Bonchev–Trinajstić information content (AvgIpc) is 2.60. The monoisotopic (exact) mass is 344 g/mol. The van der Waals surface area contributed by atoms with Gasteiger partial charge in [0.05, 0.1) is 23.5 Å². The Hall–Kier alpha value is -2.20. The van der Waals surface area contributed by atoms with Gasteiger partial charge >= 0.3 is 0 Å². The van der Waals surface area contributed by atoms with E-state index < -0.39 is 10.0 Å². The van der Waals surface area contributed by atoms with E-state index in [-0.39, 0.29) is 18.4 Å². The van der Waals surface area contributed by atoms with Crippen LogP contribution in [-0.2, 0) is 21.3 Å². The molecule has 126 valence electrons. The number of rotatable bonds is 7. The second-order valence-electron chi connectivity index (χ2n) is 5.50. The molecule has 0 bridgehead atoms. The first-order chi connectivity index (χ1) is 11.4. The summed E-state index contributed by atoms with van der Waals surface area (Å²) in [4.78, 5) is 0. The van der Waals surface area contributed by atoms with Crippen LogP contribution >= 0.6 is 0 Å². The molecule has 1 N–H and O–H groups in total. The van der Waals surface area contributed by atoms with Crippen LogP contribution in [0.5, 0.6) is 0 Å². The molecule has 0 heterocycles. The quantitative estimate of drug-likeness (QED) is 0.837. The normalized spacial score (nSPS) is 12.5. The van der Waals surface area contributed by atoms with Crippen LogP contribution in [0.4, 0.5) is 0 Å². The maximum absolute atomic E-state index is 11.9. The summed E-state index contributed by atoms with van der Waals surface area (Å²) in [6.45, 7) is 1.93. The number of ether oxygens (including phenoxy) is 1. The van der Waals surface area contributed by atoms with Crippen LogP contribution in [0.1, 0.15) is 18.1 Å². The third kappa shape index (κ3) is 4.90. The topological polar surface area (TPSA) is 79.2 Å². The van der Waals surface area contributed by atoms with Gasteiger partial charge in [0.2, 0.25) is 10.0 Å². The molecule has 6 heteroatoms. The number of hydrogen-bond donors (Lipinski definition) is 1. The van der Waals surface area contributed by atoms with Gasteiger partial charge in [0.1, 0.15) is 0 Å². The first-order valence-corrected chi connectivity index (χ1v) is 9.19. The minimum atomic E-state index is -3.38. The highest BCUT2D eigenvalue weighted by Crippen LogP contribution is 2.23. The van der Waals surface area contributed by atoms with Crippen LogP contribution in [-0.4, -0.2) is 27.4 Å². The molecule has 0 aliphatic heterocycles. The van der Waals surface area contributed by atoms with Crippen molar-refractivity contribution >= 4 is 10.0 Å². The molecule has 2 aromatic rings. The van der Waals surface area contributed by atoms with E-state index in [9.17, 15) is 8.42 Å². The van der Waals surface area contributed by atoms with Gasteiger partial charge in [0.25, 0.3) is 0 Å². The second-order valence-corrected chi connectivity index (χ2v) is 7.35. The van der Waals surface area contributed by atoms with Crippen LogP contribution in [0.3, 0.4) is 0 Å². The Morgan fingerprint density at radius 1 is 1.17 bits per heavy atom. The van der Waals surface area contributed by atoms with Crippen LogP contribution in [0.25, 0.3) is 11.1 Å². The standard InChI is InChI=1S/C18H20N2O3S/c1-14(23-2)13-24(21,22)20-12-15-7-9-16(10-8-15)18-6-4-3-5-17(18)11-19/h3-10,14,20H,12-13H2,1-2H3/t14-/m0/s1. The zero-order valence-electron chi connectivity index (χ0n) is 13.7. The van der Waals surface area contributed by atoms with Gasteiger partial charge in [0, 0.05) is 13.7 Å². The highest BCUT2D eigenvalue weighted by atomic mass is 32.2. The Labute approximate surface area is 142 Å². The van der Waals surface area contributed by atoms with E-state index in [0.717, 1.165) is 16.7 Å². The summed E-state index contributed by atoms with van der Waals surface area (Å²) in [5, 5.41) is 9.16. The molecule has 1 atom stereocenters. The van der Waals surface area contributed by atoms with Crippen LogP contribution in [0.15, 0.2) is 48.5 Å². The van der Waals surface area contributed by atoms with Crippen molar-refractivity contribution in [3.05, 3.63) is 59.7 Å². The molecule has 24 heavy (non-hydrogen) atoms. The van der Waals surface area contributed by atoms with Gasteiger partial charge in [0.15, 0.2) is 0 Å². The number of sulfonamides is 1. The summed E-state index contributed by atoms with van der Waals surface area (Å²) >= 11 is 0. The lowest BCUT2D eigenvalue weighted by atomic mass is 9.99. The summed E-state index contributed by atoms with van der Waals surface area (Å²) < 4.78 is 31.4. The molecule has 0 aromatic heterocycles. The van der Waals surface area contributed by atoms with Crippen LogP contribution in [0.2, 0.25) is 0 Å². The van der Waals surface area contributed by atoms with Crippen molar-refractivity contribution in [3.63, 3.8) is 0 Å². The number of nitriles is 1. The average molecular weight is 344 g/mol. The lowest BCUT2D eigenvalue weighted by Crippen LogP contribution is -2.31. The SMILES string of the molecule is CO[C@@H](C)CS(=O)(=O)NCc1ccc(-c2ccccc2C#N)cc1. The molecule has 0 saturated heterocycles. The third-order valence-corrected chi connectivity index (χ3v) is 5.16. The molecular formula is C18H20N2O3S. The Kier molecular flexibility index (Phi) is 6.10. The van der Waals surface area contributed by atoms with Crippen molar-refractivity contribution < 1.29 is 13.2 Å². The molecule has 0 aliphatic carbocycles. The van der Waals surface area contributed by atoms with Crippen molar-refractivity contribution in [3.8, 4) is 17.2 Å². The van der Waals surface area contributed by atoms with Crippen molar-refractivity contribution in [1.29, 1.82) is 5.26 Å². The van der Waals surface area contributed by atoms with E-state index in [2.05, 4.69) is 10.8 Å². The first kappa shape index (κ1) is 18.1. The minimum Gasteiger partial charge on any atom is -0.381 e. The number of nitrogens with one attached hydrogen (secondary N) is 1. The zero-order chi connectivity index (χ0) is 17.6. The van der Waals surface area contributed by atoms with Gasteiger partial charge in [-0.2, -0.15) is 5.26 Å². The van der Waals surface area contributed by atoms with E-state index in [1.165, 1.54) is 7.11 Å². The molecule has 0 unspecified atom stereocenters. The summed E-state index contributed by atoms with van der Waals surface area (Å²) in [6, 6.07) is 17.0. The zero-order valence-corrected chi connectivity index (χ0v) is 14.5. The summed E-state index contributed by atoms with van der Waals surface area (Å²) in [6.07, 6.45) is -0.354. The highest BCUT2D eigenvalue weighted by Gasteiger charge is 2.14. The smallest absolute Gasteiger partial charge is 0.214 e. The summed E-state index contributed by atoms with van der Waals surface area (Å²) in [5.74, 6) is -0.0723. The van der Waals surface area contributed by atoms with Gasteiger partial charge in [-0.05, 0) is 29.7 Å². The Bertz CT molecular complexity index is 824. The second kappa shape index (κ2) is 8.06. The molecule has 0 amide bonds. The number of methoxy groups -OCH3 is 1. The van der Waals surface area contributed by atoms with Crippen LogP contribution in [0, 0.1) is 11.3 Å². The van der Waals surface area contributed by atoms with Crippen molar-refractivity contribution in [2.24, 2.45) is 0 Å². The predicted molar refractivity (Wildman–Crippen MR) is 93.7 cm³/mol. The van der Waals surface area contributed by atoms with E-state index in [0.29, 0.717) is 5.56 Å². The summed E-state index contributed by atoms with van der Waals surface area (Å²) in [5.41, 5.74) is 3.24. The van der Waals surface area contributed by atoms with Crippen LogP contribution < -0.4 is 4.72 Å². The molecule has 0 spiro atoms. The van der Waals surface area contributed by atoms with Crippen molar-refractivity contribution in [2.45, 2.75) is 19.6 Å². The molecule has 0 saturated carbocycles. The highest BCUT2D eigenvalue weighted by molar-refractivity contribution is 7.89. The molecule has 0 fully saturated rings. The molecule has 5 nitrogen and oxygen atoms in total. The lowest BCUT2D eigenvalue weighted by Gasteiger charge is -2.11. The first-order valence-electron chi connectivity index (χ1n) is 7.54. The van der Waals surface area contributed by atoms with Crippen molar-refractivity contribution in [2.75, 3.05) is 12.9 Å². The Morgan fingerprint density at radius 2 is 1.83 bits per heavy atom.